The van der Waals surface area contributed by atoms with Crippen LogP contribution in [0.4, 0.5) is 48.2 Å². The average molecular weight is 897 g/mol. The highest BCUT2D eigenvalue weighted by atomic mass is 35.5. The number of benzene rings is 2. The molecule has 2 aromatic carbocycles. The van der Waals surface area contributed by atoms with Crippen molar-refractivity contribution in [3.05, 3.63) is 58.0 Å². The Labute approximate surface area is 372 Å². The number of piperidine rings is 2. The number of nitrogens with one attached hydrogen (secondary N) is 3. The molecule has 16 nitrogen and oxygen atoms in total. The molecule has 5 fully saturated rings. The van der Waals surface area contributed by atoms with Crippen molar-refractivity contribution in [3.8, 4) is 5.75 Å². The number of hydrogen-bond acceptors (Lipinski definition) is 12. The predicted octanol–water partition coefficient (Wildman–Crippen LogP) is 6.10. The fraction of sp³-hybridized carbons (Fsp3) is 0.511. The molecule has 0 bridgehead atoms. The smallest absolute Gasteiger partial charge is 0.329 e. The molecule has 11 rings (SSSR count). The highest BCUT2D eigenvalue weighted by molar-refractivity contribution is 6.33. The van der Waals surface area contributed by atoms with E-state index in [1.165, 1.54) is 4.57 Å². The van der Waals surface area contributed by atoms with Gasteiger partial charge in [-0.2, -0.15) is 10.1 Å². The number of fused-ring (bicyclic) bond motifs is 4. The predicted molar refractivity (Wildman–Crippen MR) is 242 cm³/mol. The summed E-state index contributed by atoms with van der Waals surface area (Å²) in [5.74, 6) is -1.44. The van der Waals surface area contributed by atoms with Crippen LogP contribution in [0.15, 0.2) is 47.4 Å². The van der Waals surface area contributed by atoms with E-state index in [4.69, 9.17) is 26.4 Å². The van der Waals surface area contributed by atoms with Crippen LogP contribution >= 0.6 is 11.6 Å². The third-order valence-corrected chi connectivity index (χ3v) is 14.7. The summed E-state index contributed by atoms with van der Waals surface area (Å²) in [7, 11) is 3.53. The van der Waals surface area contributed by atoms with E-state index in [1.807, 2.05) is 36.0 Å². The summed E-state index contributed by atoms with van der Waals surface area (Å²) in [6.07, 6.45) is 7.57. The first-order valence-corrected chi connectivity index (χ1v) is 22.7. The van der Waals surface area contributed by atoms with Crippen LogP contribution in [0.5, 0.6) is 5.75 Å². The maximum atomic E-state index is 15.2. The Kier molecular flexibility index (Phi) is 9.90. The van der Waals surface area contributed by atoms with Crippen LogP contribution in [0.25, 0.3) is 21.8 Å². The van der Waals surface area contributed by atoms with Crippen molar-refractivity contribution in [1.82, 2.24) is 34.5 Å². The summed E-state index contributed by atoms with van der Waals surface area (Å²) in [6, 6.07) is 10.0. The van der Waals surface area contributed by atoms with Crippen molar-refractivity contribution in [3.63, 3.8) is 0 Å². The number of halogens is 3. The minimum Gasteiger partial charge on any atom is -0.480 e. The van der Waals surface area contributed by atoms with Crippen LogP contribution in [-0.4, -0.2) is 112 Å². The molecule has 5 aromatic rings. The molecular weight excluding hydrogens is 846 g/mol. The highest BCUT2D eigenvalue weighted by Crippen LogP contribution is 2.46. The number of alkyl halides is 2. The molecule has 1 saturated carbocycles. The van der Waals surface area contributed by atoms with E-state index in [9.17, 15) is 14.4 Å². The van der Waals surface area contributed by atoms with Crippen LogP contribution in [-0.2, 0) is 18.9 Å². The number of para-hydroxylation sites is 1. The van der Waals surface area contributed by atoms with Gasteiger partial charge in [-0.1, -0.05) is 17.7 Å². The maximum Gasteiger partial charge on any atom is 0.329 e. The van der Waals surface area contributed by atoms with E-state index in [0.717, 1.165) is 88.1 Å². The van der Waals surface area contributed by atoms with Gasteiger partial charge in [-0.15, -0.1) is 0 Å². The van der Waals surface area contributed by atoms with Crippen LogP contribution in [0.2, 0.25) is 5.02 Å². The van der Waals surface area contributed by atoms with Gasteiger partial charge in [-0.05, 0) is 86.1 Å². The van der Waals surface area contributed by atoms with Gasteiger partial charge in [0.25, 0.3) is 5.56 Å². The van der Waals surface area contributed by atoms with Gasteiger partial charge in [0.2, 0.25) is 17.6 Å². The zero-order valence-corrected chi connectivity index (χ0v) is 36.6. The quantitative estimate of drug-likeness (QED) is 0.165. The van der Waals surface area contributed by atoms with E-state index >= 15 is 8.78 Å². The van der Waals surface area contributed by atoms with E-state index in [0.29, 0.717) is 69.9 Å². The number of anilines is 6. The maximum absolute atomic E-state index is 15.2. The highest BCUT2D eigenvalue weighted by Gasteiger charge is 2.51. The summed E-state index contributed by atoms with van der Waals surface area (Å²) in [4.78, 5) is 56.0. The first kappa shape index (κ1) is 41.0. The number of amides is 3. The Morgan fingerprint density at radius 3 is 2.48 bits per heavy atom. The Balaban J connectivity index is 0.704. The molecule has 5 aliphatic heterocycles. The molecule has 336 valence electrons. The molecule has 1 atom stereocenters. The van der Waals surface area contributed by atoms with Crippen molar-refractivity contribution in [1.29, 1.82) is 0 Å². The number of aromatic nitrogens is 5. The molecule has 1 aliphatic carbocycles. The SMILES string of the molecule is Cn1nc(N2CCC(=O)NC2=O)c2cccc(N3CCC(CN4CC5(CCN(c6ncc(Cl)c(Nc7ccc8c(c7)c7c(c(=O)n8C)OCC(F)(F)[C@H](C8CC8)N7)n6)CC5)C4)CC3)c21. The Morgan fingerprint density at radius 1 is 0.953 bits per heavy atom. The Hall–Kier alpha value is -5.75. The van der Waals surface area contributed by atoms with Crippen LogP contribution in [0, 0.1) is 17.3 Å². The zero-order chi connectivity index (χ0) is 44.1. The van der Waals surface area contributed by atoms with Crippen molar-refractivity contribution >= 4 is 80.0 Å². The summed E-state index contributed by atoms with van der Waals surface area (Å²) in [5, 5.41) is 15.4. The van der Waals surface area contributed by atoms with Gasteiger partial charge in [0, 0.05) is 89.3 Å². The standard InChI is InChI=1S/C45H51ClF2N12O4/c1-55-32-9-8-28(20-30(32)35-37(41(55)62)64-25-45(47,48)38(52-35)27-6-7-27)50-39-31(46)21-49-42(53-39)59-18-13-44(14-19-59)23-57(24-44)22-26-10-15-58(16-11-26)33-5-3-4-29-36(33)56(2)54-40(29)60-17-12-34(61)51-43(60)63/h3-5,8-9,20-21,26-27,38,52H,6-7,10-19,22-25H2,1-2H3,(H,49,50,53)(H,51,61,63)/t38-/m0/s1. The number of likely N-dealkylation sites (tertiary alicyclic amines) is 1. The lowest BCUT2D eigenvalue weighted by Crippen LogP contribution is -2.61. The topological polar surface area (TPSA) is 158 Å². The molecule has 4 saturated heterocycles. The van der Waals surface area contributed by atoms with Gasteiger partial charge in [0.05, 0.1) is 34.6 Å². The molecule has 0 unspecified atom stereocenters. The number of carbonyl (C=O) groups is 2. The van der Waals surface area contributed by atoms with Crippen molar-refractivity contribution < 1.29 is 23.1 Å². The number of urea groups is 1. The minimum absolute atomic E-state index is 0.101. The van der Waals surface area contributed by atoms with Gasteiger partial charge in [0.1, 0.15) is 5.02 Å². The minimum atomic E-state index is -3.13. The van der Waals surface area contributed by atoms with E-state index in [-0.39, 0.29) is 29.7 Å². The lowest BCUT2D eigenvalue weighted by atomic mass is 9.71. The van der Waals surface area contributed by atoms with Gasteiger partial charge >= 0.3 is 12.0 Å². The second-order valence-electron chi connectivity index (χ2n) is 18.8. The summed E-state index contributed by atoms with van der Waals surface area (Å²) in [6.45, 7) is 6.33. The molecule has 3 N–H and O–H groups in total. The van der Waals surface area contributed by atoms with Crippen molar-refractivity contribution in [2.45, 2.75) is 56.9 Å². The molecule has 3 aromatic heterocycles. The third kappa shape index (κ3) is 7.22. The van der Waals surface area contributed by atoms with Crippen molar-refractivity contribution in [2.75, 3.05) is 84.3 Å². The largest absolute Gasteiger partial charge is 0.480 e. The average Bonchev–Trinajstić information content (AvgIpc) is 4.08. The lowest BCUT2D eigenvalue weighted by Gasteiger charge is -2.55. The molecule has 64 heavy (non-hydrogen) atoms. The van der Waals surface area contributed by atoms with Gasteiger partial charge in [-0.25, -0.2) is 18.6 Å². The molecule has 8 heterocycles. The first-order chi connectivity index (χ1) is 30.8. The fourth-order valence-corrected chi connectivity index (χ4v) is 10.9. The molecule has 3 amide bonds. The molecule has 1 spiro atoms. The summed E-state index contributed by atoms with van der Waals surface area (Å²) in [5.41, 5.74) is 3.43. The van der Waals surface area contributed by atoms with Gasteiger partial charge in [-0.3, -0.25) is 24.5 Å². The van der Waals surface area contributed by atoms with Gasteiger partial charge in [0.15, 0.2) is 18.2 Å². The third-order valence-electron chi connectivity index (χ3n) is 14.4. The summed E-state index contributed by atoms with van der Waals surface area (Å²) >= 11 is 6.65. The molecule has 0 radical (unpaired) electrons. The number of imide groups is 1. The Bertz CT molecular complexity index is 2750. The lowest BCUT2D eigenvalue weighted by molar-refractivity contribution is -0.120. The second-order valence-corrected chi connectivity index (χ2v) is 19.2. The number of hydrogen-bond donors (Lipinski definition) is 3. The first-order valence-electron chi connectivity index (χ1n) is 22.4. The number of pyridine rings is 1. The van der Waals surface area contributed by atoms with Gasteiger partial charge < -0.3 is 34.6 Å². The monoisotopic (exact) mass is 896 g/mol. The van der Waals surface area contributed by atoms with E-state index < -0.39 is 30.2 Å². The summed E-state index contributed by atoms with van der Waals surface area (Å²) < 4.78 is 39.2. The number of rotatable bonds is 8. The molecular formula is C45H51ClF2N12O4. The Morgan fingerprint density at radius 2 is 1.73 bits per heavy atom. The van der Waals surface area contributed by atoms with E-state index in [1.54, 1.807) is 24.2 Å². The number of aryl methyl sites for hydroxylation is 2. The molecule has 6 aliphatic rings. The van der Waals surface area contributed by atoms with Crippen molar-refractivity contribution in [2.24, 2.45) is 31.3 Å². The van der Waals surface area contributed by atoms with Crippen LogP contribution in [0.3, 0.4) is 0 Å². The zero-order valence-electron chi connectivity index (χ0n) is 35.9. The number of ether oxygens (including phenoxy) is 1. The van der Waals surface area contributed by atoms with Crippen LogP contribution in [0.1, 0.15) is 44.9 Å². The number of nitrogens with zero attached hydrogens (tertiary/aromatic N) is 9. The number of carbonyl (C=O) groups excluding carboxylic acids is 2. The van der Waals surface area contributed by atoms with Crippen LogP contribution < -0.4 is 40.9 Å². The second kappa shape index (κ2) is 15.5. The van der Waals surface area contributed by atoms with E-state index in [2.05, 4.69) is 41.7 Å². The fourth-order valence-electron chi connectivity index (χ4n) is 10.8. The molecule has 19 heteroatoms. The normalized spacial score (nSPS) is 22.5.